The fourth-order valence-corrected chi connectivity index (χ4v) is 3.48. The van der Waals surface area contributed by atoms with E-state index in [2.05, 4.69) is 4.99 Å². The molecule has 0 spiro atoms. The van der Waals surface area contributed by atoms with Gasteiger partial charge in [-0.3, -0.25) is 10.1 Å². The Kier molecular flexibility index (Phi) is 6.89. The topological polar surface area (TPSA) is 100 Å². The third kappa shape index (κ3) is 5.24. The fraction of sp³-hybridized carbons (Fsp3) is 0.120. The normalized spacial score (nSPS) is 14.0. The van der Waals surface area contributed by atoms with Gasteiger partial charge in [0.05, 0.1) is 18.6 Å². The van der Waals surface area contributed by atoms with Crippen molar-refractivity contribution in [2.24, 2.45) is 4.99 Å². The number of nitro benzene ring substituents is 1. The van der Waals surface area contributed by atoms with Crippen LogP contribution in [0.25, 0.3) is 6.08 Å². The first-order chi connectivity index (χ1) is 16.4. The molecule has 34 heavy (non-hydrogen) atoms. The number of halogens is 1. The quantitative estimate of drug-likeness (QED) is 0.190. The second-order valence-electron chi connectivity index (χ2n) is 7.25. The summed E-state index contributed by atoms with van der Waals surface area (Å²) in [5.41, 5.74) is 1.83. The highest BCUT2D eigenvalue weighted by atomic mass is 35.5. The summed E-state index contributed by atoms with van der Waals surface area (Å²) in [6.45, 7) is 0.480. The van der Waals surface area contributed by atoms with Crippen molar-refractivity contribution < 1.29 is 23.9 Å². The van der Waals surface area contributed by atoms with Crippen LogP contribution in [0, 0.1) is 10.1 Å². The molecule has 0 bridgehead atoms. The van der Waals surface area contributed by atoms with Crippen LogP contribution in [0.2, 0.25) is 5.02 Å². The monoisotopic (exact) mass is 478 g/mol. The zero-order chi connectivity index (χ0) is 24.1. The van der Waals surface area contributed by atoms with Gasteiger partial charge in [-0.05, 0) is 41.5 Å². The number of hydrogen-bond donors (Lipinski definition) is 0. The molecule has 0 N–H and O–H groups in total. The van der Waals surface area contributed by atoms with Crippen molar-refractivity contribution >= 4 is 35.2 Å². The molecule has 1 aliphatic rings. The molecule has 1 heterocycles. The summed E-state index contributed by atoms with van der Waals surface area (Å²) in [5, 5.41) is 11.1. The summed E-state index contributed by atoms with van der Waals surface area (Å²) in [6, 6.07) is 19.3. The van der Waals surface area contributed by atoms with Crippen LogP contribution >= 0.6 is 11.6 Å². The molecule has 0 unspecified atom stereocenters. The maximum absolute atomic E-state index is 12.3. The van der Waals surface area contributed by atoms with Crippen molar-refractivity contribution in [1.82, 2.24) is 0 Å². The average Bonchev–Trinajstić information content (AvgIpc) is 3.20. The number of methoxy groups -OCH3 is 1. The van der Waals surface area contributed by atoms with Gasteiger partial charge in [0, 0.05) is 18.1 Å². The van der Waals surface area contributed by atoms with E-state index in [1.807, 2.05) is 30.3 Å². The Labute approximate surface area is 200 Å². The Bertz CT molecular complexity index is 1300. The lowest BCUT2D eigenvalue weighted by molar-refractivity contribution is -0.384. The number of esters is 1. The molecule has 0 atom stereocenters. The van der Waals surface area contributed by atoms with Gasteiger partial charge in [0.25, 0.3) is 5.69 Å². The highest BCUT2D eigenvalue weighted by Gasteiger charge is 2.26. The van der Waals surface area contributed by atoms with Crippen LogP contribution < -0.4 is 9.47 Å². The van der Waals surface area contributed by atoms with E-state index in [9.17, 15) is 14.9 Å². The zero-order valence-electron chi connectivity index (χ0n) is 18.1. The van der Waals surface area contributed by atoms with Crippen LogP contribution in [-0.2, 0) is 16.0 Å². The van der Waals surface area contributed by atoms with Gasteiger partial charge in [-0.2, -0.15) is 0 Å². The largest absolute Gasteiger partial charge is 0.493 e. The molecule has 8 nitrogen and oxygen atoms in total. The third-order valence-electron chi connectivity index (χ3n) is 4.99. The van der Waals surface area contributed by atoms with Crippen LogP contribution in [0.1, 0.15) is 16.7 Å². The van der Waals surface area contributed by atoms with E-state index in [1.54, 1.807) is 18.2 Å². The fourth-order valence-electron chi connectivity index (χ4n) is 3.29. The standard InChI is InChI=1S/C25H19ClN2O6/c1-32-23-14-17(7-10-22(23)33-12-11-16-5-3-2-4-6-16)13-20-25(29)34-24(27-20)18-8-9-19(26)21(15-18)28(30)31/h2-10,13-15H,11-12H2,1H3/b20-13-. The Balaban J connectivity index is 1.51. The van der Waals surface area contributed by atoms with Gasteiger partial charge in [-0.1, -0.05) is 48.0 Å². The Morgan fingerprint density at radius 2 is 1.88 bits per heavy atom. The number of cyclic esters (lactones) is 1. The van der Waals surface area contributed by atoms with Gasteiger partial charge in [0.15, 0.2) is 17.2 Å². The summed E-state index contributed by atoms with van der Waals surface area (Å²) in [5.74, 6) is 0.372. The number of hydrogen-bond acceptors (Lipinski definition) is 7. The van der Waals surface area contributed by atoms with Crippen molar-refractivity contribution in [2.45, 2.75) is 6.42 Å². The van der Waals surface area contributed by atoms with Crippen LogP contribution in [0.15, 0.2) is 77.4 Å². The van der Waals surface area contributed by atoms with Gasteiger partial charge >= 0.3 is 5.97 Å². The molecule has 1 aliphatic heterocycles. The molecule has 3 aromatic rings. The molecule has 0 aromatic heterocycles. The first kappa shape index (κ1) is 23.0. The summed E-state index contributed by atoms with van der Waals surface area (Å²) < 4.78 is 16.5. The van der Waals surface area contributed by atoms with Crippen molar-refractivity contribution in [1.29, 1.82) is 0 Å². The number of carbonyl (C=O) groups is 1. The minimum atomic E-state index is -0.672. The molecule has 0 saturated heterocycles. The maximum atomic E-state index is 12.3. The molecule has 4 rings (SSSR count). The van der Waals surface area contributed by atoms with Crippen LogP contribution in [0.4, 0.5) is 5.69 Å². The SMILES string of the molecule is COc1cc(/C=C2\N=C(c3ccc(Cl)c([N+](=O)[O-])c3)OC2=O)ccc1OCCc1ccccc1. The number of nitro groups is 1. The van der Waals surface area contributed by atoms with Crippen molar-refractivity contribution in [3.63, 3.8) is 0 Å². The highest BCUT2D eigenvalue weighted by molar-refractivity contribution is 6.32. The summed E-state index contributed by atoms with van der Waals surface area (Å²) >= 11 is 5.84. The van der Waals surface area contributed by atoms with Gasteiger partial charge in [-0.25, -0.2) is 9.79 Å². The van der Waals surface area contributed by atoms with Gasteiger partial charge < -0.3 is 14.2 Å². The summed E-state index contributed by atoms with van der Waals surface area (Å²) in [4.78, 5) is 27.0. The smallest absolute Gasteiger partial charge is 0.363 e. The highest BCUT2D eigenvalue weighted by Crippen LogP contribution is 2.31. The molecule has 0 radical (unpaired) electrons. The molecular formula is C25H19ClN2O6. The number of rotatable bonds is 8. The van der Waals surface area contributed by atoms with Crippen LogP contribution in [-0.4, -0.2) is 30.5 Å². The van der Waals surface area contributed by atoms with E-state index in [4.69, 9.17) is 25.8 Å². The molecule has 0 aliphatic carbocycles. The van der Waals surface area contributed by atoms with Crippen molar-refractivity contribution in [3.05, 3.63) is 104 Å². The molecule has 0 fully saturated rings. The lowest BCUT2D eigenvalue weighted by Crippen LogP contribution is -2.06. The Hall–Kier alpha value is -4.17. The number of ether oxygens (including phenoxy) is 3. The summed E-state index contributed by atoms with van der Waals surface area (Å²) in [7, 11) is 1.53. The van der Waals surface area contributed by atoms with E-state index < -0.39 is 10.9 Å². The van der Waals surface area contributed by atoms with E-state index in [-0.39, 0.29) is 27.9 Å². The maximum Gasteiger partial charge on any atom is 0.363 e. The van der Waals surface area contributed by atoms with Crippen LogP contribution in [0.5, 0.6) is 11.5 Å². The molecule has 0 saturated carbocycles. The minimum absolute atomic E-state index is 0.0207. The number of benzene rings is 3. The third-order valence-corrected chi connectivity index (χ3v) is 5.31. The van der Waals surface area contributed by atoms with Gasteiger partial charge in [-0.15, -0.1) is 0 Å². The first-order valence-corrected chi connectivity index (χ1v) is 10.6. The lowest BCUT2D eigenvalue weighted by atomic mass is 10.1. The minimum Gasteiger partial charge on any atom is -0.493 e. The average molecular weight is 479 g/mol. The second kappa shape index (κ2) is 10.2. The summed E-state index contributed by atoms with van der Waals surface area (Å²) in [6.07, 6.45) is 2.29. The van der Waals surface area contributed by atoms with E-state index in [1.165, 1.54) is 36.9 Å². The molecule has 0 amide bonds. The predicted octanol–water partition coefficient (Wildman–Crippen LogP) is 5.22. The molecular weight excluding hydrogens is 460 g/mol. The van der Waals surface area contributed by atoms with E-state index in [0.717, 1.165) is 6.42 Å². The van der Waals surface area contributed by atoms with Crippen molar-refractivity contribution in [2.75, 3.05) is 13.7 Å². The Morgan fingerprint density at radius 3 is 2.62 bits per heavy atom. The number of carbonyl (C=O) groups excluding carboxylic acids is 1. The number of nitrogens with zero attached hydrogens (tertiary/aromatic N) is 2. The molecule has 3 aromatic carbocycles. The Morgan fingerprint density at radius 1 is 1.09 bits per heavy atom. The van der Waals surface area contributed by atoms with Crippen LogP contribution in [0.3, 0.4) is 0 Å². The van der Waals surface area contributed by atoms with E-state index >= 15 is 0 Å². The molecule has 9 heteroatoms. The number of aliphatic imine (C=N–C) groups is 1. The van der Waals surface area contributed by atoms with Crippen molar-refractivity contribution in [3.8, 4) is 11.5 Å². The first-order valence-electron chi connectivity index (χ1n) is 10.3. The second-order valence-corrected chi connectivity index (χ2v) is 7.66. The predicted molar refractivity (Wildman–Crippen MR) is 127 cm³/mol. The lowest BCUT2D eigenvalue weighted by Gasteiger charge is -2.11. The van der Waals surface area contributed by atoms with E-state index in [0.29, 0.717) is 23.7 Å². The molecule has 172 valence electrons. The van der Waals surface area contributed by atoms with Gasteiger partial charge in [0.2, 0.25) is 5.90 Å². The zero-order valence-corrected chi connectivity index (χ0v) is 18.8. The van der Waals surface area contributed by atoms with Gasteiger partial charge in [0.1, 0.15) is 5.02 Å².